The highest BCUT2D eigenvalue weighted by Crippen LogP contribution is 2.10. The molecule has 0 fully saturated rings. The minimum absolute atomic E-state index is 0.573. The average Bonchev–Trinajstić information content (AvgIpc) is 2.95. The van der Waals surface area contributed by atoms with Crippen molar-refractivity contribution < 1.29 is 0 Å². The molecular formula is C18H28N4. The van der Waals surface area contributed by atoms with Crippen molar-refractivity contribution in [2.45, 2.75) is 32.9 Å². The first kappa shape index (κ1) is 16.7. The van der Waals surface area contributed by atoms with Crippen LogP contribution in [0.1, 0.15) is 25.8 Å². The normalized spacial score (nSPS) is 13.0. The second-order valence-corrected chi connectivity index (χ2v) is 6.51. The third kappa shape index (κ3) is 4.97. The number of nitrogens with one attached hydrogen (secondary N) is 1. The molecule has 1 aromatic carbocycles. The first-order chi connectivity index (χ1) is 10.6. The van der Waals surface area contributed by atoms with Gasteiger partial charge in [-0.15, -0.1) is 0 Å². The summed E-state index contributed by atoms with van der Waals surface area (Å²) in [5, 5.41) is 7.99. The fraction of sp³-hybridized carbons (Fsp3) is 0.500. The Kier molecular flexibility index (Phi) is 6.16. The standard InChI is InChI=1S/C18H28N4/c1-15(2)10-18(21(3)4)13-19-11-16-12-20-22(14-16)17-8-6-5-7-9-17/h5-9,12,14-15,18-19H,10-11,13H2,1-4H3. The van der Waals surface area contributed by atoms with Gasteiger partial charge in [-0.05, 0) is 38.6 Å². The summed E-state index contributed by atoms with van der Waals surface area (Å²) in [7, 11) is 4.31. The molecule has 0 aliphatic carbocycles. The quantitative estimate of drug-likeness (QED) is 0.813. The summed E-state index contributed by atoms with van der Waals surface area (Å²) >= 11 is 0. The van der Waals surface area contributed by atoms with Crippen LogP contribution in [0, 0.1) is 5.92 Å². The Bertz CT molecular complexity index is 545. The predicted octanol–water partition coefficient (Wildman–Crippen LogP) is 2.94. The van der Waals surface area contributed by atoms with Crippen LogP contribution in [0.4, 0.5) is 0 Å². The van der Waals surface area contributed by atoms with Gasteiger partial charge in [-0.3, -0.25) is 0 Å². The molecule has 120 valence electrons. The van der Waals surface area contributed by atoms with Gasteiger partial charge in [0.15, 0.2) is 0 Å². The van der Waals surface area contributed by atoms with Gasteiger partial charge in [0.25, 0.3) is 0 Å². The molecule has 1 N–H and O–H groups in total. The number of hydrogen-bond acceptors (Lipinski definition) is 3. The Morgan fingerprint density at radius 2 is 1.91 bits per heavy atom. The van der Waals surface area contributed by atoms with E-state index in [-0.39, 0.29) is 0 Å². The van der Waals surface area contributed by atoms with E-state index in [2.05, 4.69) is 61.6 Å². The van der Waals surface area contributed by atoms with Gasteiger partial charge in [0, 0.05) is 30.9 Å². The molecule has 1 aromatic heterocycles. The highest BCUT2D eigenvalue weighted by atomic mass is 15.3. The summed E-state index contributed by atoms with van der Waals surface area (Å²) in [6, 6.07) is 10.8. The third-order valence-corrected chi connectivity index (χ3v) is 3.84. The van der Waals surface area contributed by atoms with Gasteiger partial charge < -0.3 is 10.2 Å². The average molecular weight is 300 g/mol. The summed E-state index contributed by atoms with van der Waals surface area (Å²) in [5.74, 6) is 0.718. The van der Waals surface area contributed by atoms with Crippen molar-refractivity contribution >= 4 is 0 Å². The molecule has 0 spiro atoms. The van der Waals surface area contributed by atoms with Crippen molar-refractivity contribution in [1.82, 2.24) is 20.0 Å². The molecule has 2 aromatic rings. The zero-order valence-corrected chi connectivity index (χ0v) is 14.2. The monoisotopic (exact) mass is 300 g/mol. The van der Waals surface area contributed by atoms with E-state index in [4.69, 9.17) is 0 Å². The fourth-order valence-electron chi connectivity index (χ4n) is 2.58. The Balaban J connectivity index is 1.86. The van der Waals surface area contributed by atoms with E-state index in [1.165, 1.54) is 12.0 Å². The summed E-state index contributed by atoms with van der Waals surface area (Å²) in [6.07, 6.45) is 5.24. The molecule has 0 aliphatic heterocycles. The molecule has 0 saturated carbocycles. The number of para-hydroxylation sites is 1. The van der Waals surface area contributed by atoms with E-state index in [1.807, 2.05) is 29.1 Å². The molecule has 1 unspecified atom stereocenters. The van der Waals surface area contributed by atoms with E-state index >= 15 is 0 Å². The van der Waals surface area contributed by atoms with Gasteiger partial charge in [-0.2, -0.15) is 5.10 Å². The van der Waals surface area contributed by atoms with Crippen molar-refractivity contribution in [3.63, 3.8) is 0 Å². The molecule has 0 aliphatic rings. The molecule has 1 heterocycles. The summed E-state index contributed by atoms with van der Waals surface area (Å²) in [6.45, 7) is 6.41. The number of benzene rings is 1. The van der Waals surface area contributed by atoms with Gasteiger partial charge in [-0.1, -0.05) is 32.0 Å². The van der Waals surface area contributed by atoms with Gasteiger partial charge in [0.2, 0.25) is 0 Å². The smallest absolute Gasteiger partial charge is 0.0645 e. The lowest BCUT2D eigenvalue weighted by Crippen LogP contribution is -2.38. The van der Waals surface area contributed by atoms with E-state index in [1.54, 1.807) is 0 Å². The van der Waals surface area contributed by atoms with Gasteiger partial charge in [0.1, 0.15) is 0 Å². The molecule has 4 heteroatoms. The van der Waals surface area contributed by atoms with Crippen LogP contribution in [0.3, 0.4) is 0 Å². The van der Waals surface area contributed by atoms with Crippen molar-refractivity contribution in [3.05, 3.63) is 48.3 Å². The Labute approximate surface area is 134 Å². The Morgan fingerprint density at radius 1 is 1.18 bits per heavy atom. The predicted molar refractivity (Wildman–Crippen MR) is 92.2 cm³/mol. The molecule has 1 atom stereocenters. The molecule has 0 amide bonds. The minimum Gasteiger partial charge on any atom is -0.311 e. The minimum atomic E-state index is 0.573. The van der Waals surface area contributed by atoms with Crippen LogP contribution in [-0.2, 0) is 6.54 Å². The highest BCUT2D eigenvalue weighted by molar-refractivity contribution is 5.30. The second-order valence-electron chi connectivity index (χ2n) is 6.51. The molecule has 0 radical (unpaired) electrons. The zero-order chi connectivity index (χ0) is 15.9. The van der Waals surface area contributed by atoms with Gasteiger partial charge in [0.05, 0.1) is 11.9 Å². The van der Waals surface area contributed by atoms with Crippen molar-refractivity contribution in [1.29, 1.82) is 0 Å². The van der Waals surface area contributed by atoms with Gasteiger partial charge >= 0.3 is 0 Å². The zero-order valence-electron chi connectivity index (χ0n) is 14.2. The lowest BCUT2D eigenvalue weighted by molar-refractivity contribution is 0.246. The maximum Gasteiger partial charge on any atom is 0.0645 e. The second kappa shape index (κ2) is 8.11. The molecule has 0 bridgehead atoms. The lowest BCUT2D eigenvalue weighted by Gasteiger charge is -2.26. The summed E-state index contributed by atoms with van der Waals surface area (Å²) in [5.41, 5.74) is 2.31. The SMILES string of the molecule is CC(C)CC(CNCc1cnn(-c2ccccc2)c1)N(C)C. The van der Waals surface area contributed by atoms with Crippen molar-refractivity contribution in [2.24, 2.45) is 5.92 Å². The van der Waals surface area contributed by atoms with Crippen LogP contribution in [0.15, 0.2) is 42.7 Å². The number of aromatic nitrogens is 2. The maximum atomic E-state index is 4.43. The number of rotatable bonds is 8. The number of nitrogens with zero attached hydrogens (tertiary/aromatic N) is 3. The molecule has 4 nitrogen and oxygen atoms in total. The largest absolute Gasteiger partial charge is 0.311 e. The van der Waals surface area contributed by atoms with Crippen LogP contribution >= 0.6 is 0 Å². The number of likely N-dealkylation sites (N-methyl/N-ethyl adjacent to an activating group) is 1. The van der Waals surface area contributed by atoms with Crippen molar-refractivity contribution in [2.75, 3.05) is 20.6 Å². The first-order valence-electron chi connectivity index (χ1n) is 8.02. The molecule has 22 heavy (non-hydrogen) atoms. The van der Waals surface area contributed by atoms with Crippen LogP contribution in [0.5, 0.6) is 0 Å². The van der Waals surface area contributed by atoms with Crippen molar-refractivity contribution in [3.8, 4) is 5.69 Å². The van der Waals surface area contributed by atoms with E-state index in [0.717, 1.165) is 24.7 Å². The van der Waals surface area contributed by atoms with Crippen LogP contribution in [0.25, 0.3) is 5.69 Å². The third-order valence-electron chi connectivity index (χ3n) is 3.84. The molecule has 0 saturated heterocycles. The Morgan fingerprint density at radius 3 is 2.55 bits per heavy atom. The first-order valence-corrected chi connectivity index (χ1v) is 8.02. The van der Waals surface area contributed by atoms with Crippen LogP contribution in [0.2, 0.25) is 0 Å². The fourth-order valence-corrected chi connectivity index (χ4v) is 2.58. The van der Waals surface area contributed by atoms with E-state index in [0.29, 0.717) is 6.04 Å². The summed E-state index contributed by atoms with van der Waals surface area (Å²) in [4.78, 5) is 2.31. The summed E-state index contributed by atoms with van der Waals surface area (Å²) < 4.78 is 1.93. The van der Waals surface area contributed by atoms with Crippen LogP contribution < -0.4 is 5.32 Å². The maximum absolute atomic E-state index is 4.43. The number of hydrogen-bond donors (Lipinski definition) is 1. The Hall–Kier alpha value is -1.65. The van der Waals surface area contributed by atoms with E-state index in [9.17, 15) is 0 Å². The lowest BCUT2D eigenvalue weighted by atomic mass is 10.0. The topological polar surface area (TPSA) is 33.1 Å². The van der Waals surface area contributed by atoms with Crippen LogP contribution in [-0.4, -0.2) is 41.4 Å². The van der Waals surface area contributed by atoms with Gasteiger partial charge in [-0.25, -0.2) is 4.68 Å². The highest BCUT2D eigenvalue weighted by Gasteiger charge is 2.12. The molecule has 2 rings (SSSR count). The van der Waals surface area contributed by atoms with E-state index < -0.39 is 0 Å². The molecular weight excluding hydrogens is 272 g/mol.